The molecule has 0 unspecified atom stereocenters. The molecule has 88 valence electrons. The number of hydrogen-bond donors (Lipinski definition) is 4. The van der Waals surface area contributed by atoms with Crippen LogP contribution in [0.4, 0.5) is 0 Å². The van der Waals surface area contributed by atoms with E-state index in [1.54, 1.807) is 13.8 Å². The van der Waals surface area contributed by atoms with Crippen molar-refractivity contribution in [3.63, 3.8) is 0 Å². The highest BCUT2D eigenvalue weighted by molar-refractivity contribution is 5.86. The predicted molar refractivity (Wildman–Crippen MR) is 56.1 cm³/mol. The molecule has 0 fully saturated rings. The lowest BCUT2D eigenvalue weighted by Gasteiger charge is -2.20. The number of carbonyl (C=O) groups is 2. The Labute approximate surface area is 89.0 Å². The van der Waals surface area contributed by atoms with E-state index >= 15 is 0 Å². The number of nitrogens with one attached hydrogen (secondary N) is 1. The highest BCUT2D eigenvalue weighted by Gasteiger charge is 2.25. The molecule has 0 saturated carbocycles. The standard InChI is InChI=1S/C9H19N3O3/c1-5(2)7(9(14)15)12-8(13)6(11)3-4-10/h5-7H,3-4,10-11H2,1-2H3,(H,12,13)(H,14,15)/t6-,7-/m0/s1. The van der Waals surface area contributed by atoms with Gasteiger partial charge in [0.1, 0.15) is 6.04 Å². The molecule has 0 aromatic heterocycles. The summed E-state index contributed by atoms with van der Waals surface area (Å²) in [6, 6.07) is -1.64. The highest BCUT2D eigenvalue weighted by atomic mass is 16.4. The topological polar surface area (TPSA) is 118 Å². The van der Waals surface area contributed by atoms with Crippen LogP contribution in [0.2, 0.25) is 0 Å². The van der Waals surface area contributed by atoms with Crippen molar-refractivity contribution in [2.45, 2.75) is 32.4 Å². The maximum absolute atomic E-state index is 11.4. The Kier molecular flexibility index (Phi) is 5.88. The zero-order chi connectivity index (χ0) is 12.0. The van der Waals surface area contributed by atoms with Gasteiger partial charge in [0.05, 0.1) is 6.04 Å². The molecule has 6 N–H and O–H groups in total. The Morgan fingerprint density at radius 3 is 2.27 bits per heavy atom. The number of rotatable bonds is 6. The molecule has 0 aliphatic heterocycles. The molecule has 0 aromatic carbocycles. The van der Waals surface area contributed by atoms with Crippen LogP contribution in [0.3, 0.4) is 0 Å². The minimum atomic E-state index is -1.06. The van der Waals surface area contributed by atoms with Crippen LogP contribution < -0.4 is 16.8 Å². The Hall–Kier alpha value is -1.14. The zero-order valence-corrected chi connectivity index (χ0v) is 9.06. The van der Waals surface area contributed by atoms with Gasteiger partial charge in [0.25, 0.3) is 0 Å². The van der Waals surface area contributed by atoms with E-state index in [0.29, 0.717) is 13.0 Å². The molecule has 0 aromatic rings. The second-order valence-corrected chi connectivity index (χ2v) is 3.75. The van der Waals surface area contributed by atoms with Gasteiger partial charge in [-0.1, -0.05) is 13.8 Å². The lowest BCUT2D eigenvalue weighted by Crippen LogP contribution is -2.50. The predicted octanol–water partition coefficient (Wildman–Crippen LogP) is -1.11. The normalized spacial score (nSPS) is 14.7. The van der Waals surface area contributed by atoms with Gasteiger partial charge in [-0.05, 0) is 18.9 Å². The minimum absolute atomic E-state index is 0.184. The summed E-state index contributed by atoms with van der Waals surface area (Å²) in [6.45, 7) is 3.73. The third-order valence-electron chi connectivity index (χ3n) is 2.04. The van der Waals surface area contributed by atoms with E-state index in [-0.39, 0.29) is 5.92 Å². The highest BCUT2D eigenvalue weighted by Crippen LogP contribution is 2.02. The van der Waals surface area contributed by atoms with Gasteiger partial charge >= 0.3 is 5.97 Å². The summed E-state index contributed by atoms with van der Waals surface area (Å²) in [4.78, 5) is 22.2. The van der Waals surface area contributed by atoms with Crippen LogP contribution in [-0.2, 0) is 9.59 Å². The summed E-state index contributed by atoms with van der Waals surface area (Å²) in [7, 11) is 0. The average molecular weight is 217 g/mol. The second kappa shape index (κ2) is 6.36. The summed E-state index contributed by atoms with van der Waals surface area (Å²) in [6.07, 6.45) is 0.344. The van der Waals surface area contributed by atoms with Crippen LogP contribution in [-0.4, -0.2) is 35.6 Å². The number of aliphatic carboxylic acids is 1. The van der Waals surface area contributed by atoms with E-state index in [9.17, 15) is 9.59 Å². The van der Waals surface area contributed by atoms with Crippen LogP contribution in [0.15, 0.2) is 0 Å². The second-order valence-electron chi connectivity index (χ2n) is 3.75. The van der Waals surface area contributed by atoms with Gasteiger partial charge in [0.15, 0.2) is 0 Å². The summed E-state index contributed by atoms with van der Waals surface area (Å²) >= 11 is 0. The molecule has 6 nitrogen and oxygen atoms in total. The summed E-state index contributed by atoms with van der Waals surface area (Å²) in [5.41, 5.74) is 10.7. The molecule has 0 aliphatic carbocycles. The molecule has 0 rings (SSSR count). The van der Waals surface area contributed by atoms with Gasteiger partial charge in [-0.2, -0.15) is 0 Å². The number of amides is 1. The number of carbonyl (C=O) groups excluding carboxylic acids is 1. The molecule has 1 amide bonds. The molecule has 0 radical (unpaired) electrons. The number of hydrogen-bond acceptors (Lipinski definition) is 4. The van der Waals surface area contributed by atoms with Crippen LogP contribution in [0, 0.1) is 5.92 Å². The molecule has 0 heterocycles. The number of carboxylic acid groups (broad SMARTS) is 1. The van der Waals surface area contributed by atoms with Crippen LogP contribution >= 0.6 is 0 Å². The van der Waals surface area contributed by atoms with E-state index in [0.717, 1.165) is 0 Å². The Morgan fingerprint density at radius 1 is 1.40 bits per heavy atom. The molecule has 15 heavy (non-hydrogen) atoms. The van der Waals surface area contributed by atoms with Gasteiger partial charge in [0.2, 0.25) is 5.91 Å². The van der Waals surface area contributed by atoms with E-state index in [4.69, 9.17) is 16.6 Å². The maximum Gasteiger partial charge on any atom is 0.326 e. The maximum atomic E-state index is 11.4. The smallest absolute Gasteiger partial charge is 0.326 e. The Balaban J connectivity index is 4.29. The van der Waals surface area contributed by atoms with Crippen molar-refractivity contribution in [2.75, 3.05) is 6.54 Å². The van der Waals surface area contributed by atoms with Crippen molar-refractivity contribution in [3.05, 3.63) is 0 Å². The summed E-state index contributed by atoms with van der Waals surface area (Å²) < 4.78 is 0. The van der Waals surface area contributed by atoms with E-state index in [1.807, 2.05) is 0 Å². The zero-order valence-electron chi connectivity index (χ0n) is 9.06. The SMILES string of the molecule is CC(C)[C@H](NC(=O)[C@@H](N)CCN)C(=O)O. The van der Waals surface area contributed by atoms with Gasteiger partial charge in [0, 0.05) is 0 Å². The van der Waals surface area contributed by atoms with Crippen molar-refractivity contribution in [2.24, 2.45) is 17.4 Å². The Morgan fingerprint density at radius 2 is 1.93 bits per heavy atom. The van der Waals surface area contributed by atoms with Crippen LogP contribution in [0.25, 0.3) is 0 Å². The van der Waals surface area contributed by atoms with Gasteiger partial charge in [-0.15, -0.1) is 0 Å². The molecular formula is C9H19N3O3. The Bertz CT molecular complexity index is 231. The largest absolute Gasteiger partial charge is 0.480 e. The molecule has 6 heteroatoms. The van der Waals surface area contributed by atoms with E-state index < -0.39 is 24.0 Å². The first kappa shape index (κ1) is 13.9. The van der Waals surface area contributed by atoms with Crippen molar-refractivity contribution in [1.29, 1.82) is 0 Å². The van der Waals surface area contributed by atoms with Gasteiger partial charge in [-0.25, -0.2) is 4.79 Å². The van der Waals surface area contributed by atoms with Gasteiger partial charge < -0.3 is 21.9 Å². The number of carboxylic acids is 1. The fourth-order valence-electron chi connectivity index (χ4n) is 1.08. The summed E-state index contributed by atoms with van der Waals surface area (Å²) in [5.74, 6) is -1.71. The first-order valence-corrected chi connectivity index (χ1v) is 4.89. The minimum Gasteiger partial charge on any atom is -0.480 e. The fraction of sp³-hybridized carbons (Fsp3) is 0.778. The molecular weight excluding hydrogens is 198 g/mol. The summed E-state index contributed by atoms with van der Waals surface area (Å²) in [5, 5.41) is 11.2. The molecule has 0 saturated heterocycles. The third-order valence-corrected chi connectivity index (χ3v) is 2.04. The average Bonchev–Trinajstić information content (AvgIpc) is 2.12. The number of nitrogens with two attached hydrogens (primary N) is 2. The van der Waals surface area contributed by atoms with E-state index in [1.165, 1.54) is 0 Å². The van der Waals surface area contributed by atoms with E-state index in [2.05, 4.69) is 5.32 Å². The monoisotopic (exact) mass is 217 g/mol. The first-order valence-electron chi connectivity index (χ1n) is 4.89. The molecule has 0 aliphatic rings. The lowest BCUT2D eigenvalue weighted by molar-refractivity contribution is -0.143. The fourth-order valence-corrected chi connectivity index (χ4v) is 1.08. The van der Waals surface area contributed by atoms with Crippen molar-refractivity contribution in [1.82, 2.24) is 5.32 Å². The van der Waals surface area contributed by atoms with Crippen LogP contribution in [0.5, 0.6) is 0 Å². The lowest BCUT2D eigenvalue weighted by atomic mass is 10.0. The quantitative estimate of drug-likeness (QED) is 0.450. The van der Waals surface area contributed by atoms with Crippen molar-refractivity contribution in [3.8, 4) is 0 Å². The van der Waals surface area contributed by atoms with Crippen LogP contribution in [0.1, 0.15) is 20.3 Å². The molecule has 0 spiro atoms. The van der Waals surface area contributed by atoms with Gasteiger partial charge in [-0.3, -0.25) is 4.79 Å². The first-order chi connectivity index (χ1) is 6.90. The molecule has 0 bridgehead atoms. The third kappa shape index (κ3) is 4.75. The van der Waals surface area contributed by atoms with Crippen molar-refractivity contribution >= 4 is 11.9 Å². The van der Waals surface area contributed by atoms with Crippen molar-refractivity contribution < 1.29 is 14.7 Å². The molecule has 2 atom stereocenters.